The molecule has 1 aliphatic heterocycles. The number of allylic oxidation sites excluding steroid dienone is 2. The lowest BCUT2D eigenvalue weighted by Crippen LogP contribution is -2.28. The first-order valence-corrected chi connectivity index (χ1v) is 3.39. The van der Waals surface area contributed by atoms with Crippen LogP contribution in [-0.2, 0) is 0 Å². The quantitative estimate of drug-likeness (QED) is 0.517. The molecule has 0 aliphatic carbocycles. The molecule has 0 fully saturated rings. The van der Waals surface area contributed by atoms with Crippen LogP contribution in [0.25, 0.3) is 0 Å². The van der Waals surface area contributed by atoms with Crippen molar-refractivity contribution in [1.29, 1.82) is 5.26 Å². The fourth-order valence-corrected chi connectivity index (χ4v) is 0.945. The van der Waals surface area contributed by atoms with Crippen molar-refractivity contribution in [2.75, 3.05) is 0 Å². The van der Waals surface area contributed by atoms with Crippen LogP contribution in [0.15, 0.2) is 27.6 Å². The van der Waals surface area contributed by atoms with Crippen molar-refractivity contribution in [3.05, 3.63) is 22.5 Å². The van der Waals surface area contributed by atoms with Crippen LogP contribution in [0.5, 0.6) is 0 Å². The first-order valence-electron chi connectivity index (χ1n) is 3.01. The van der Waals surface area contributed by atoms with Gasteiger partial charge in [-0.3, -0.25) is 0 Å². The van der Waals surface area contributed by atoms with E-state index in [1.807, 2.05) is 6.07 Å². The van der Waals surface area contributed by atoms with Crippen LogP contribution < -0.4 is 11.6 Å². The van der Waals surface area contributed by atoms with E-state index in [1.165, 1.54) is 12.4 Å². The molecule has 12 heavy (non-hydrogen) atoms. The van der Waals surface area contributed by atoms with E-state index in [0.29, 0.717) is 5.70 Å². The molecule has 0 saturated heterocycles. The van der Waals surface area contributed by atoms with Crippen molar-refractivity contribution in [2.45, 2.75) is 0 Å². The van der Waals surface area contributed by atoms with Gasteiger partial charge in [0, 0.05) is 6.20 Å². The fraction of sp³-hybridized carbons (Fsp3) is 0. The van der Waals surface area contributed by atoms with Crippen molar-refractivity contribution in [3.8, 4) is 6.07 Å². The van der Waals surface area contributed by atoms with E-state index in [1.54, 1.807) is 0 Å². The fourth-order valence-electron chi connectivity index (χ4n) is 0.705. The first kappa shape index (κ1) is 8.59. The molecule has 0 bridgehead atoms. The maximum atomic E-state index is 8.55. The molecule has 0 spiro atoms. The Bertz CT molecular complexity index is 321. The molecule has 1 rings (SSSR count). The number of nitrogens with zero attached hydrogens (tertiary/aromatic N) is 3. The van der Waals surface area contributed by atoms with Gasteiger partial charge in [-0.05, 0) is 0 Å². The molecule has 0 saturated carbocycles. The highest BCUT2D eigenvalue weighted by atomic mass is 35.5. The molecule has 5 nitrogen and oxygen atoms in total. The highest BCUT2D eigenvalue weighted by molar-refractivity contribution is 6.34. The molecule has 6 heteroatoms. The average Bonchev–Trinajstić information content (AvgIpc) is 2.06. The summed E-state index contributed by atoms with van der Waals surface area (Å²) in [6, 6.07) is 1.86. The summed E-state index contributed by atoms with van der Waals surface area (Å²) >= 11 is 5.74. The Hall–Kier alpha value is -1.51. The molecule has 0 aromatic rings. The van der Waals surface area contributed by atoms with Crippen LogP contribution in [0.1, 0.15) is 0 Å². The molecule has 0 aromatic heterocycles. The van der Waals surface area contributed by atoms with Crippen LogP contribution in [0.3, 0.4) is 0 Å². The maximum absolute atomic E-state index is 8.55. The summed E-state index contributed by atoms with van der Waals surface area (Å²) in [6.07, 6.45) is 2.46. The van der Waals surface area contributed by atoms with E-state index in [4.69, 9.17) is 28.4 Å². The number of nitrogens with two attached hydrogens (primary N) is 2. The largest absolute Gasteiger partial charge is 0.403 e. The summed E-state index contributed by atoms with van der Waals surface area (Å²) in [5, 5.41) is 13.4. The molecular weight excluding hydrogens is 178 g/mol. The van der Waals surface area contributed by atoms with Crippen LogP contribution in [-0.4, -0.2) is 11.3 Å². The van der Waals surface area contributed by atoms with Gasteiger partial charge in [-0.2, -0.15) is 15.5 Å². The van der Waals surface area contributed by atoms with E-state index < -0.39 is 0 Å². The standard InChI is InChI=1S/C6H6ClN5/c7-6-4(1-8)3-11-12(10)5(6)2-9/h2-3H,9-10H2/b5-2-. The SMILES string of the molecule is N#CC1=C(Cl)/C(=C/N)N(N)N=C1. The Labute approximate surface area is 74.1 Å². The predicted octanol–water partition coefficient (Wildman–Crippen LogP) is -0.0219. The van der Waals surface area contributed by atoms with Crippen LogP contribution in [0, 0.1) is 11.3 Å². The number of hydrogen-bond donors (Lipinski definition) is 2. The monoisotopic (exact) mass is 183 g/mol. The van der Waals surface area contributed by atoms with E-state index >= 15 is 0 Å². The third-order valence-electron chi connectivity index (χ3n) is 1.30. The number of halogens is 1. The van der Waals surface area contributed by atoms with Gasteiger partial charge in [-0.1, -0.05) is 11.6 Å². The lowest BCUT2D eigenvalue weighted by atomic mass is 10.2. The molecule has 0 unspecified atom stereocenters. The van der Waals surface area contributed by atoms with Gasteiger partial charge in [-0.25, -0.2) is 5.84 Å². The minimum Gasteiger partial charge on any atom is -0.403 e. The van der Waals surface area contributed by atoms with Crippen LogP contribution in [0.4, 0.5) is 0 Å². The lowest BCUT2D eigenvalue weighted by molar-refractivity contribution is 0.390. The second-order valence-corrected chi connectivity index (χ2v) is 2.36. The van der Waals surface area contributed by atoms with Gasteiger partial charge in [0.05, 0.1) is 16.8 Å². The van der Waals surface area contributed by atoms with Crippen LogP contribution in [0.2, 0.25) is 0 Å². The summed E-state index contributed by atoms with van der Waals surface area (Å²) in [5.41, 5.74) is 5.78. The minimum atomic E-state index is 0.206. The first-order chi connectivity index (χ1) is 5.70. The zero-order valence-corrected chi connectivity index (χ0v) is 6.78. The summed E-state index contributed by atoms with van der Waals surface area (Å²) in [7, 11) is 0. The molecule has 0 radical (unpaired) electrons. The Morgan fingerprint density at radius 1 is 1.75 bits per heavy atom. The van der Waals surface area contributed by atoms with Gasteiger partial charge in [0.2, 0.25) is 0 Å². The second-order valence-electron chi connectivity index (χ2n) is 1.98. The van der Waals surface area contributed by atoms with Gasteiger partial charge in [0.15, 0.2) is 0 Å². The molecular formula is C6H6ClN5. The van der Waals surface area contributed by atoms with Gasteiger partial charge >= 0.3 is 0 Å². The Balaban J connectivity index is 3.16. The van der Waals surface area contributed by atoms with Crippen molar-refractivity contribution < 1.29 is 0 Å². The predicted molar refractivity (Wildman–Crippen MR) is 45.3 cm³/mol. The lowest BCUT2D eigenvalue weighted by Gasteiger charge is -2.18. The Morgan fingerprint density at radius 3 is 2.92 bits per heavy atom. The molecule has 4 N–H and O–H groups in total. The number of hydrazone groups is 1. The van der Waals surface area contributed by atoms with Crippen molar-refractivity contribution in [3.63, 3.8) is 0 Å². The number of hydrogen-bond acceptors (Lipinski definition) is 5. The van der Waals surface area contributed by atoms with E-state index in [9.17, 15) is 0 Å². The van der Waals surface area contributed by atoms with E-state index in [0.717, 1.165) is 5.12 Å². The second kappa shape index (κ2) is 3.26. The molecule has 0 atom stereocenters. The number of hydrazine groups is 1. The molecule has 0 aromatic carbocycles. The molecule has 1 aliphatic rings. The van der Waals surface area contributed by atoms with Crippen molar-refractivity contribution >= 4 is 17.8 Å². The summed E-state index contributed by atoms with van der Waals surface area (Å²) < 4.78 is 0. The Kier molecular flexibility index (Phi) is 2.33. The van der Waals surface area contributed by atoms with Gasteiger partial charge in [0.1, 0.15) is 11.8 Å². The maximum Gasteiger partial charge on any atom is 0.113 e. The minimum absolute atomic E-state index is 0.206. The topological polar surface area (TPSA) is 91.4 Å². The third-order valence-corrected chi connectivity index (χ3v) is 1.69. The Morgan fingerprint density at radius 2 is 2.42 bits per heavy atom. The normalized spacial score (nSPS) is 20.1. The molecule has 62 valence electrons. The molecule has 1 heterocycles. The van der Waals surface area contributed by atoms with E-state index in [2.05, 4.69) is 5.10 Å². The number of rotatable bonds is 0. The summed E-state index contributed by atoms with van der Waals surface area (Å²) in [5.74, 6) is 5.36. The van der Waals surface area contributed by atoms with Gasteiger partial charge < -0.3 is 5.73 Å². The summed E-state index contributed by atoms with van der Waals surface area (Å²) in [6.45, 7) is 0. The van der Waals surface area contributed by atoms with Crippen LogP contribution >= 0.6 is 11.6 Å². The van der Waals surface area contributed by atoms with Gasteiger partial charge in [-0.15, -0.1) is 0 Å². The zero-order valence-electron chi connectivity index (χ0n) is 6.03. The number of nitriles is 1. The van der Waals surface area contributed by atoms with Crippen molar-refractivity contribution in [1.82, 2.24) is 5.12 Å². The highest BCUT2D eigenvalue weighted by Gasteiger charge is 2.16. The smallest absolute Gasteiger partial charge is 0.113 e. The van der Waals surface area contributed by atoms with Gasteiger partial charge in [0.25, 0.3) is 0 Å². The highest BCUT2D eigenvalue weighted by Crippen LogP contribution is 2.22. The average molecular weight is 184 g/mol. The third kappa shape index (κ3) is 1.25. The van der Waals surface area contributed by atoms with E-state index in [-0.39, 0.29) is 10.6 Å². The zero-order chi connectivity index (χ0) is 9.14. The summed E-state index contributed by atoms with van der Waals surface area (Å²) in [4.78, 5) is 0. The molecule has 0 amide bonds. The van der Waals surface area contributed by atoms with Crippen molar-refractivity contribution in [2.24, 2.45) is 16.7 Å².